The molecular weight excluding hydrogens is 392 g/mol. The maximum atomic E-state index is 12.1. The van der Waals surface area contributed by atoms with Crippen molar-refractivity contribution in [3.05, 3.63) is 53.6 Å². The summed E-state index contributed by atoms with van der Waals surface area (Å²) in [4.78, 5) is 16.5. The van der Waals surface area contributed by atoms with Gasteiger partial charge in [-0.15, -0.1) is 10.2 Å². The summed E-state index contributed by atoms with van der Waals surface area (Å²) < 4.78 is 6.59. The normalized spacial score (nSPS) is 11.0. The van der Waals surface area contributed by atoms with Crippen LogP contribution in [-0.4, -0.2) is 26.8 Å². The zero-order chi connectivity index (χ0) is 17.9. The average molecular weight is 403 g/mol. The van der Waals surface area contributed by atoms with E-state index in [1.807, 2.05) is 30.3 Å². The summed E-state index contributed by atoms with van der Waals surface area (Å²) in [6.45, 7) is 0. The molecule has 0 unspecified atom stereocenters. The summed E-state index contributed by atoms with van der Waals surface area (Å²) >= 11 is 8.56. The van der Waals surface area contributed by atoms with Crippen LogP contribution >= 0.6 is 34.7 Å². The number of thiazole rings is 1. The van der Waals surface area contributed by atoms with Crippen molar-refractivity contribution in [2.45, 2.75) is 5.22 Å². The molecular formula is C17H11ClN4O2S2. The highest BCUT2D eigenvalue weighted by Gasteiger charge is 2.13. The summed E-state index contributed by atoms with van der Waals surface area (Å²) in [6, 6.07) is 14.9. The van der Waals surface area contributed by atoms with E-state index in [0.717, 1.165) is 15.8 Å². The first kappa shape index (κ1) is 17.0. The molecule has 0 bridgehead atoms. The van der Waals surface area contributed by atoms with E-state index in [2.05, 4.69) is 20.5 Å². The first-order valence-electron chi connectivity index (χ1n) is 7.55. The number of halogens is 1. The van der Waals surface area contributed by atoms with E-state index in [0.29, 0.717) is 21.3 Å². The highest BCUT2D eigenvalue weighted by Crippen LogP contribution is 2.27. The highest BCUT2D eigenvalue weighted by atomic mass is 35.5. The van der Waals surface area contributed by atoms with E-state index in [1.54, 1.807) is 18.2 Å². The predicted octanol–water partition coefficient (Wildman–Crippen LogP) is 4.73. The van der Waals surface area contributed by atoms with Crippen LogP contribution in [0.3, 0.4) is 0 Å². The van der Waals surface area contributed by atoms with Gasteiger partial charge in [-0.05, 0) is 30.3 Å². The minimum Gasteiger partial charge on any atom is -0.411 e. The van der Waals surface area contributed by atoms with Crippen LogP contribution < -0.4 is 5.32 Å². The Morgan fingerprint density at radius 1 is 1.19 bits per heavy atom. The Morgan fingerprint density at radius 3 is 2.92 bits per heavy atom. The van der Waals surface area contributed by atoms with Gasteiger partial charge in [-0.2, -0.15) is 0 Å². The number of benzene rings is 2. The fourth-order valence-electron chi connectivity index (χ4n) is 2.21. The third kappa shape index (κ3) is 3.87. The van der Waals surface area contributed by atoms with Gasteiger partial charge in [0.2, 0.25) is 11.8 Å². The van der Waals surface area contributed by atoms with Crippen molar-refractivity contribution >= 4 is 56.0 Å². The number of hydrogen-bond donors (Lipinski definition) is 1. The Bertz CT molecular complexity index is 1050. The van der Waals surface area contributed by atoms with Gasteiger partial charge >= 0.3 is 0 Å². The fourth-order valence-corrected chi connectivity index (χ4v) is 3.85. The van der Waals surface area contributed by atoms with Crippen molar-refractivity contribution in [3.63, 3.8) is 0 Å². The molecule has 0 saturated carbocycles. The summed E-state index contributed by atoms with van der Waals surface area (Å²) in [5, 5.41) is 12.2. The number of thioether (sulfide) groups is 1. The van der Waals surface area contributed by atoms with Crippen molar-refractivity contribution in [1.82, 2.24) is 15.2 Å². The summed E-state index contributed by atoms with van der Waals surface area (Å²) in [6.07, 6.45) is 0. The lowest BCUT2D eigenvalue weighted by Gasteiger charge is -1.98. The number of carbonyl (C=O) groups is 1. The second-order valence-corrected chi connectivity index (χ2v) is 7.60. The smallest absolute Gasteiger partial charge is 0.277 e. The molecule has 0 atom stereocenters. The third-order valence-electron chi connectivity index (χ3n) is 3.35. The maximum absolute atomic E-state index is 12.1. The van der Waals surface area contributed by atoms with E-state index in [1.165, 1.54) is 23.1 Å². The second-order valence-electron chi connectivity index (χ2n) is 5.21. The molecule has 0 saturated heterocycles. The summed E-state index contributed by atoms with van der Waals surface area (Å²) in [5.41, 5.74) is 1.60. The van der Waals surface area contributed by atoms with E-state index < -0.39 is 0 Å². The number of nitrogens with zero attached hydrogens (tertiary/aromatic N) is 3. The Labute approximate surface area is 161 Å². The molecule has 4 rings (SSSR count). The molecule has 0 aliphatic carbocycles. The van der Waals surface area contributed by atoms with Gasteiger partial charge in [0.05, 0.1) is 16.0 Å². The zero-order valence-corrected chi connectivity index (χ0v) is 15.6. The minimum atomic E-state index is -0.184. The van der Waals surface area contributed by atoms with Gasteiger partial charge in [-0.1, -0.05) is 52.9 Å². The molecule has 0 aliphatic rings. The lowest BCUT2D eigenvalue weighted by molar-refractivity contribution is -0.113. The highest BCUT2D eigenvalue weighted by molar-refractivity contribution is 7.99. The van der Waals surface area contributed by atoms with Gasteiger partial charge in [0.25, 0.3) is 5.22 Å². The molecule has 1 N–H and O–H groups in total. The second kappa shape index (κ2) is 7.45. The molecule has 0 spiro atoms. The number of hydrogen-bond acceptors (Lipinski definition) is 7. The van der Waals surface area contributed by atoms with Gasteiger partial charge in [0, 0.05) is 10.6 Å². The van der Waals surface area contributed by atoms with Gasteiger partial charge in [0.15, 0.2) is 5.13 Å². The number of para-hydroxylation sites is 1. The van der Waals surface area contributed by atoms with Crippen LogP contribution in [0.1, 0.15) is 0 Å². The number of anilines is 1. The average Bonchev–Trinajstić information content (AvgIpc) is 3.26. The molecule has 0 radical (unpaired) electrons. The topological polar surface area (TPSA) is 80.9 Å². The number of aromatic nitrogens is 3. The van der Waals surface area contributed by atoms with Crippen molar-refractivity contribution in [2.24, 2.45) is 0 Å². The lowest BCUT2D eigenvalue weighted by Crippen LogP contribution is -2.13. The molecule has 9 heteroatoms. The minimum absolute atomic E-state index is 0.146. The third-order valence-corrected chi connectivity index (χ3v) is 5.35. The first-order valence-corrected chi connectivity index (χ1v) is 9.73. The number of amides is 1. The van der Waals surface area contributed by atoms with Crippen LogP contribution in [0.25, 0.3) is 21.7 Å². The molecule has 2 aromatic carbocycles. The van der Waals surface area contributed by atoms with Crippen LogP contribution in [0.5, 0.6) is 0 Å². The lowest BCUT2D eigenvalue weighted by atomic mass is 10.2. The Hall–Kier alpha value is -2.42. The standard InChI is InChI=1S/C17H11ClN4O2S2/c18-11-5-3-4-10(8-11)15-21-22-17(24-15)25-9-14(23)20-16-19-12-6-1-2-7-13(12)26-16/h1-8H,9H2,(H,19,20,23). The Balaban J connectivity index is 1.37. The Morgan fingerprint density at radius 2 is 2.08 bits per heavy atom. The molecule has 2 aromatic heterocycles. The molecule has 4 aromatic rings. The summed E-state index contributed by atoms with van der Waals surface area (Å²) in [5.74, 6) is 0.325. The quantitative estimate of drug-likeness (QED) is 0.486. The number of fused-ring (bicyclic) bond motifs is 1. The molecule has 6 nitrogen and oxygen atoms in total. The number of rotatable bonds is 5. The van der Waals surface area contributed by atoms with Crippen LogP contribution in [0.2, 0.25) is 5.02 Å². The van der Waals surface area contributed by atoms with E-state index in [-0.39, 0.29) is 11.7 Å². The van der Waals surface area contributed by atoms with Crippen molar-refractivity contribution < 1.29 is 9.21 Å². The van der Waals surface area contributed by atoms with E-state index in [4.69, 9.17) is 16.0 Å². The maximum Gasteiger partial charge on any atom is 0.277 e. The van der Waals surface area contributed by atoms with Gasteiger partial charge in [0.1, 0.15) is 0 Å². The van der Waals surface area contributed by atoms with E-state index in [9.17, 15) is 4.79 Å². The number of nitrogens with one attached hydrogen (secondary N) is 1. The van der Waals surface area contributed by atoms with Crippen LogP contribution in [0.4, 0.5) is 5.13 Å². The van der Waals surface area contributed by atoms with Gasteiger partial charge in [-0.25, -0.2) is 4.98 Å². The van der Waals surface area contributed by atoms with Crippen LogP contribution in [0.15, 0.2) is 58.2 Å². The molecule has 2 heterocycles. The van der Waals surface area contributed by atoms with Crippen LogP contribution in [0, 0.1) is 0 Å². The molecule has 1 amide bonds. The molecule has 0 aliphatic heterocycles. The first-order chi connectivity index (χ1) is 12.7. The van der Waals surface area contributed by atoms with Crippen molar-refractivity contribution in [3.8, 4) is 11.5 Å². The van der Waals surface area contributed by atoms with Crippen molar-refractivity contribution in [2.75, 3.05) is 11.1 Å². The van der Waals surface area contributed by atoms with Crippen molar-refractivity contribution in [1.29, 1.82) is 0 Å². The number of carbonyl (C=O) groups excluding carboxylic acids is 1. The monoisotopic (exact) mass is 402 g/mol. The van der Waals surface area contributed by atoms with Gasteiger partial charge < -0.3 is 9.73 Å². The molecule has 0 fully saturated rings. The SMILES string of the molecule is O=C(CSc1nnc(-c2cccc(Cl)c2)o1)Nc1nc2ccccc2s1. The fraction of sp³-hybridized carbons (Fsp3) is 0.0588. The molecule has 130 valence electrons. The van der Waals surface area contributed by atoms with Crippen LogP contribution in [-0.2, 0) is 4.79 Å². The Kier molecular flexibility index (Phi) is 4.87. The molecule has 26 heavy (non-hydrogen) atoms. The largest absolute Gasteiger partial charge is 0.411 e. The predicted molar refractivity (Wildman–Crippen MR) is 104 cm³/mol. The zero-order valence-electron chi connectivity index (χ0n) is 13.2. The summed E-state index contributed by atoms with van der Waals surface area (Å²) in [7, 11) is 0. The van der Waals surface area contributed by atoms with Gasteiger partial charge in [-0.3, -0.25) is 4.79 Å². The van der Waals surface area contributed by atoms with E-state index >= 15 is 0 Å².